The maximum absolute atomic E-state index is 16.0. The largest absolute Gasteiger partial charge is 0.382 e. The number of nitrogens with two attached hydrogens (primary N) is 1. The van der Waals surface area contributed by atoms with Gasteiger partial charge >= 0.3 is 6.08 Å². The Kier molecular flexibility index (Phi) is 7.79. The number of hydrogen-bond acceptors (Lipinski definition) is 6. The first-order chi connectivity index (χ1) is 16.6. The molecule has 0 radical (unpaired) electrons. The van der Waals surface area contributed by atoms with E-state index in [1.54, 1.807) is 6.07 Å². The SMILES string of the molecule is CO[C@H](COCc1ccccc1)[C@@H](OCc1ccccc1)[C@@H](F)c1ccc2c(N)nc(F)nn12. The summed E-state index contributed by atoms with van der Waals surface area (Å²) in [6.07, 6.45) is -4.59. The molecule has 0 saturated heterocycles. The number of fused-ring (bicyclic) bond motifs is 1. The van der Waals surface area contributed by atoms with E-state index in [-0.39, 0.29) is 24.7 Å². The summed E-state index contributed by atoms with van der Waals surface area (Å²) in [7, 11) is 1.47. The van der Waals surface area contributed by atoms with Crippen LogP contribution in [0.5, 0.6) is 0 Å². The Morgan fingerprint density at radius 2 is 1.59 bits per heavy atom. The van der Waals surface area contributed by atoms with Crippen LogP contribution in [0.2, 0.25) is 0 Å². The molecule has 4 aromatic rings. The predicted molar refractivity (Wildman–Crippen MR) is 123 cm³/mol. The van der Waals surface area contributed by atoms with Crippen LogP contribution in [-0.2, 0) is 27.4 Å². The fourth-order valence-corrected chi connectivity index (χ4v) is 3.70. The lowest BCUT2D eigenvalue weighted by Gasteiger charge is -2.29. The van der Waals surface area contributed by atoms with E-state index in [1.807, 2.05) is 60.7 Å². The van der Waals surface area contributed by atoms with Crippen molar-refractivity contribution in [2.24, 2.45) is 0 Å². The zero-order valence-corrected chi connectivity index (χ0v) is 18.7. The lowest BCUT2D eigenvalue weighted by atomic mass is 10.1. The molecule has 0 unspecified atom stereocenters. The molecule has 4 rings (SSSR count). The number of rotatable bonds is 11. The van der Waals surface area contributed by atoms with Crippen molar-refractivity contribution in [3.05, 3.63) is 95.7 Å². The average Bonchev–Trinajstić information content (AvgIpc) is 3.28. The van der Waals surface area contributed by atoms with Crippen LogP contribution in [0.3, 0.4) is 0 Å². The van der Waals surface area contributed by atoms with Gasteiger partial charge in [0.15, 0.2) is 12.0 Å². The number of halogens is 2. The number of anilines is 1. The summed E-state index contributed by atoms with van der Waals surface area (Å²) in [5, 5.41) is 3.70. The molecular weight excluding hydrogens is 442 g/mol. The number of nitrogens with zero attached hydrogens (tertiary/aromatic N) is 3. The molecule has 2 aromatic heterocycles. The fourth-order valence-electron chi connectivity index (χ4n) is 3.70. The number of benzene rings is 2. The normalized spacial score (nSPS) is 14.2. The molecule has 0 aliphatic carbocycles. The Balaban J connectivity index is 1.57. The molecular formula is C25H26F2N4O3. The first-order valence-corrected chi connectivity index (χ1v) is 10.8. The summed E-state index contributed by atoms with van der Waals surface area (Å²) in [5.41, 5.74) is 8.01. The molecule has 2 N–H and O–H groups in total. The van der Waals surface area contributed by atoms with Crippen molar-refractivity contribution in [1.82, 2.24) is 14.6 Å². The summed E-state index contributed by atoms with van der Waals surface area (Å²) in [5.74, 6) is -0.0813. The smallest absolute Gasteiger partial charge is 0.327 e. The molecule has 0 fully saturated rings. The van der Waals surface area contributed by atoms with Crippen LogP contribution in [0.25, 0.3) is 5.52 Å². The molecule has 0 saturated carbocycles. The second-order valence-electron chi connectivity index (χ2n) is 7.76. The monoisotopic (exact) mass is 468 g/mol. The lowest BCUT2D eigenvalue weighted by Crippen LogP contribution is -2.38. The Morgan fingerprint density at radius 3 is 2.24 bits per heavy atom. The number of methoxy groups -OCH3 is 1. The van der Waals surface area contributed by atoms with E-state index in [9.17, 15) is 4.39 Å². The maximum atomic E-state index is 16.0. The molecule has 7 nitrogen and oxygen atoms in total. The van der Waals surface area contributed by atoms with Gasteiger partial charge in [0.1, 0.15) is 17.7 Å². The van der Waals surface area contributed by atoms with Gasteiger partial charge in [-0.3, -0.25) is 0 Å². The van der Waals surface area contributed by atoms with Crippen LogP contribution < -0.4 is 5.73 Å². The van der Waals surface area contributed by atoms with Gasteiger partial charge in [0.2, 0.25) is 0 Å². The molecule has 0 bridgehead atoms. The minimum absolute atomic E-state index is 0.0752. The molecule has 0 amide bonds. The Morgan fingerprint density at radius 1 is 0.941 bits per heavy atom. The van der Waals surface area contributed by atoms with Gasteiger partial charge in [-0.2, -0.15) is 9.37 Å². The standard InChI is InChI=1S/C25H26F2N4O3/c1-32-21(16-33-14-17-8-4-2-5-9-17)23(34-15-18-10-6-3-7-11-18)22(26)19-12-13-20-24(28)29-25(27)30-31(19)20/h2-13,21-23H,14-16H2,1H3,(H2,28,29,30)/t21-,22+,23-/m1/s1. The van der Waals surface area contributed by atoms with Crippen molar-refractivity contribution in [1.29, 1.82) is 0 Å². The molecule has 2 aromatic carbocycles. The maximum Gasteiger partial charge on any atom is 0.327 e. The number of ether oxygens (including phenoxy) is 3. The highest BCUT2D eigenvalue weighted by Gasteiger charge is 2.34. The van der Waals surface area contributed by atoms with Crippen LogP contribution in [0.15, 0.2) is 72.8 Å². The van der Waals surface area contributed by atoms with Crippen molar-refractivity contribution >= 4 is 11.3 Å². The number of alkyl halides is 1. The quantitative estimate of drug-likeness (QED) is 0.354. The third-order valence-electron chi connectivity index (χ3n) is 5.46. The van der Waals surface area contributed by atoms with Crippen LogP contribution in [0.1, 0.15) is 23.0 Å². The van der Waals surface area contributed by atoms with Gasteiger partial charge in [-0.15, -0.1) is 5.10 Å². The van der Waals surface area contributed by atoms with Gasteiger partial charge < -0.3 is 19.9 Å². The van der Waals surface area contributed by atoms with E-state index in [4.69, 9.17) is 19.9 Å². The number of nitrogen functional groups attached to an aromatic ring is 1. The first kappa shape index (κ1) is 23.7. The molecule has 0 aliphatic heterocycles. The highest BCUT2D eigenvalue weighted by atomic mass is 19.1. The molecule has 2 heterocycles. The summed E-state index contributed by atoms with van der Waals surface area (Å²) in [4.78, 5) is 3.50. The first-order valence-electron chi connectivity index (χ1n) is 10.8. The van der Waals surface area contributed by atoms with E-state index < -0.39 is 24.5 Å². The van der Waals surface area contributed by atoms with Crippen molar-refractivity contribution in [2.45, 2.75) is 31.6 Å². The van der Waals surface area contributed by atoms with Crippen LogP contribution in [-0.4, -0.2) is 40.5 Å². The third kappa shape index (κ3) is 5.56. The van der Waals surface area contributed by atoms with Gasteiger partial charge in [0.05, 0.1) is 25.5 Å². The van der Waals surface area contributed by atoms with Gasteiger partial charge in [-0.25, -0.2) is 8.91 Å². The highest BCUT2D eigenvalue weighted by Crippen LogP contribution is 2.30. The zero-order chi connectivity index (χ0) is 23.9. The zero-order valence-electron chi connectivity index (χ0n) is 18.7. The topological polar surface area (TPSA) is 83.9 Å². The lowest BCUT2D eigenvalue weighted by molar-refractivity contribution is -0.125. The molecule has 3 atom stereocenters. The van der Waals surface area contributed by atoms with Crippen LogP contribution >= 0.6 is 0 Å². The summed E-state index contributed by atoms with van der Waals surface area (Å²) < 4.78 is 48.4. The molecule has 9 heteroatoms. The van der Waals surface area contributed by atoms with Crippen molar-refractivity contribution in [2.75, 3.05) is 19.5 Å². The van der Waals surface area contributed by atoms with E-state index in [2.05, 4.69) is 10.1 Å². The number of hydrogen-bond donors (Lipinski definition) is 1. The van der Waals surface area contributed by atoms with E-state index in [0.717, 1.165) is 15.6 Å². The van der Waals surface area contributed by atoms with E-state index in [1.165, 1.54) is 13.2 Å². The van der Waals surface area contributed by atoms with E-state index in [0.29, 0.717) is 12.1 Å². The molecule has 0 aliphatic rings. The number of aromatic nitrogens is 3. The average molecular weight is 469 g/mol. The minimum Gasteiger partial charge on any atom is -0.382 e. The summed E-state index contributed by atoms with van der Waals surface area (Å²) in [6, 6.07) is 22.1. The third-order valence-corrected chi connectivity index (χ3v) is 5.46. The Labute approximate surface area is 196 Å². The highest BCUT2D eigenvalue weighted by molar-refractivity contribution is 5.65. The van der Waals surface area contributed by atoms with Crippen molar-refractivity contribution in [3.63, 3.8) is 0 Å². The van der Waals surface area contributed by atoms with Crippen molar-refractivity contribution in [3.8, 4) is 0 Å². The van der Waals surface area contributed by atoms with Crippen molar-refractivity contribution < 1.29 is 23.0 Å². The predicted octanol–water partition coefficient (Wildman–Crippen LogP) is 4.28. The van der Waals surface area contributed by atoms with Gasteiger partial charge in [0, 0.05) is 7.11 Å². The van der Waals surface area contributed by atoms with E-state index >= 15 is 4.39 Å². The van der Waals surface area contributed by atoms with Gasteiger partial charge in [-0.1, -0.05) is 60.7 Å². The molecule has 34 heavy (non-hydrogen) atoms. The minimum atomic E-state index is -1.72. The molecule has 178 valence electrons. The fraction of sp³-hybridized carbons (Fsp3) is 0.280. The summed E-state index contributed by atoms with van der Waals surface area (Å²) in [6.45, 7) is 0.575. The van der Waals surface area contributed by atoms with Crippen LogP contribution in [0, 0.1) is 6.08 Å². The Hall–Kier alpha value is -3.40. The summed E-state index contributed by atoms with van der Waals surface area (Å²) >= 11 is 0. The second-order valence-corrected chi connectivity index (χ2v) is 7.76. The van der Waals surface area contributed by atoms with Gasteiger partial charge in [0.25, 0.3) is 0 Å². The van der Waals surface area contributed by atoms with Crippen LogP contribution in [0.4, 0.5) is 14.6 Å². The van der Waals surface area contributed by atoms with Gasteiger partial charge in [-0.05, 0) is 23.3 Å². The Bertz CT molecular complexity index is 1190. The second kappa shape index (κ2) is 11.1. The molecule has 0 spiro atoms.